The molecule has 2 aromatic rings. The molecular formula is C20H32N8O3. The minimum atomic E-state index is -0.483. The molecule has 1 aliphatic heterocycles. The zero-order chi connectivity index (χ0) is 22.4. The van der Waals surface area contributed by atoms with Gasteiger partial charge in [-0.25, -0.2) is 4.79 Å². The quantitative estimate of drug-likeness (QED) is 0.201. The lowest BCUT2D eigenvalue weighted by atomic mass is 10.1. The Morgan fingerprint density at radius 3 is 2.58 bits per heavy atom. The first-order valence-electron chi connectivity index (χ1n) is 10.4. The van der Waals surface area contributed by atoms with Crippen LogP contribution in [0.15, 0.2) is 24.8 Å². The van der Waals surface area contributed by atoms with Gasteiger partial charge in [-0.15, -0.1) is 10.2 Å². The highest BCUT2D eigenvalue weighted by molar-refractivity contribution is 5.84. The van der Waals surface area contributed by atoms with Crippen LogP contribution in [-0.4, -0.2) is 58.8 Å². The van der Waals surface area contributed by atoms with Gasteiger partial charge in [0.15, 0.2) is 0 Å². The number of amides is 1. The number of hydrogen-bond acceptors (Lipinski definition) is 9. The monoisotopic (exact) mass is 432 g/mol. The van der Waals surface area contributed by atoms with Gasteiger partial charge in [0.2, 0.25) is 0 Å². The fourth-order valence-electron chi connectivity index (χ4n) is 3.21. The summed E-state index contributed by atoms with van der Waals surface area (Å²) < 4.78 is 12.9. The predicted molar refractivity (Wildman–Crippen MR) is 119 cm³/mol. The summed E-state index contributed by atoms with van der Waals surface area (Å²) in [4.78, 5) is 13.7. The van der Waals surface area contributed by atoms with Gasteiger partial charge < -0.3 is 30.8 Å². The second-order valence-corrected chi connectivity index (χ2v) is 8.47. The number of ether oxygens (including phenoxy) is 2. The summed E-state index contributed by atoms with van der Waals surface area (Å²) in [5.74, 6) is 5.64. The summed E-state index contributed by atoms with van der Waals surface area (Å²) in [6.07, 6.45) is 4.69. The van der Waals surface area contributed by atoms with Crippen LogP contribution < -0.4 is 27.2 Å². The molecule has 31 heavy (non-hydrogen) atoms. The highest BCUT2D eigenvalue weighted by atomic mass is 16.6. The molecule has 0 bridgehead atoms. The number of carbonyl (C=O) groups is 1. The van der Waals surface area contributed by atoms with Crippen molar-refractivity contribution in [3.63, 3.8) is 0 Å². The minimum absolute atomic E-state index is 0.145. The lowest BCUT2D eigenvalue weighted by Crippen LogP contribution is -2.52. The topological polar surface area (TPSA) is 146 Å². The highest BCUT2D eigenvalue weighted by Crippen LogP contribution is 2.36. The van der Waals surface area contributed by atoms with Gasteiger partial charge in [0, 0.05) is 26.2 Å². The Morgan fingerprint density at radius 2 is 1.94 bits per heavy atom. The summed E-state index contributed by atoms with van der Waals surface area (Å²) in [5.41, 5.74) is 11.4. The Morgan fingerprint density at radius 1 is 1.23 bits per heavy atom. The van der Waals surface area contributed by atoms with Crippen molar-refractivity contribution in [1.29, 1.82) is 0 Å². The van der Waals surface area contributed by atoms with E-state index < -0.39 is 5.60 Å². The number of nitrogens with two attached hydrogens (primary N) is 2. The molecule has 0 atom stereocenters. The van der Waals surface area contributed by atoms with E-state index in [0.29, 0.717) is 24.5 Å². The largest absolute Gasteiger partial charge is 0.444 e. The van der Waals surface area contributed by atoms with E-state index in [0.717, 1.165) is 37.3 Å². The van der Waals surface area contributed by atoms with Crippen LogP contribution in [0.25, 0.3) is 5.69 Å². The molecule has 1 saturated heterocycles. The maximum atomic E-state index is 11.6. The van der Waals surface area contributed by atoms with Crippen LogP contribution in [0.2, 0.25) is 0 Å². The highest BCUT2D eigenvalue weighted by Gasteiger charge is 2.29. The fraction of sp³-hybridized carbons (Fsp3) is 0.550. The van der Waals surface area contributed by atoms with Gasteiger partial charge in [0.05, 0.1) is 28.9 Å². The number of hydrazine groups is 1. The molecule has 0 spiro atoms. The number of nitrogen functional groups attached to an aromatic ring is 2. The summed E-state index contributed by atoms with van der Waals surface area (Å²) >= 11 is 0. The number of unbranched alkanes of at least 4 members (excludes halogenated alkanes) is 1. The second-order valence-electron chi connectivity index (χ2n) is 8.47. The third-order valence-corrected chi connectivity index (χ3v) is 4.80. The molecule has 1 fully saturated rings. The zero-order valence-electron chi connectivity index (χ0n) is 18.3. The first-order valence-corrected chi connectivity index (χ1v) is 10.4. The third-order valence-electron chi connectivity index (χ3n) is 4.80. The van der Waals surface area contributed by atoms with E-state index in [9.17, 15) is 4.79 Å². The van der Waals surface area contributed by atoms with Crippen LogP contribution in [-0.2, 0) is 9.47 Å². The van der Waals surface area contributed by atoms with E-state index in [2.05, 4.69) is 25.8 Å². The number of nitrogens with zero attached hydrogens (tertiary/aromatic N) is 4. The standard InChI is InChI=1S/C20H32N8O3/c1-20(2,3)31-19(29)23-6-4-5-7-30-15-10-27(11-15)17-9-14(28-12-24-25-13-28)8-16(26-22)18(17)21/h8-9,12-13,15,26H,4-7,10-11,21-22H2,1-3H3,(H,23,29). The lowest BCUT2D eigenvalue weighted by Gasteiger charge is -2.41. The van der Waals surface area contributed by atoms with Crippen LogP contribution in [0.1, 0.15) is 33.6 Å². The summed E-state index contributed by atoms with van der Waals surface area (Å²) in [6.45, 7) is 8.22. The van der Waals surface area contributed by atoms with E-state index in [1.54, 1.807) is 17.2 Å². The Balaban J connectivity index is 1.40. The maximum absolute atomic E-state index is 11.6. The van der Waals surface area contributed by atoms with Crippen molar-refractivity contribution in [3.8, 4) is 5.69 Å². The number of anilines is 3. The fourth-order valence-corrected chi connectivity index (χ4v) is 3.21. The van der Waals surface area contributed by atoms with Crippen molar-refractivity contribution in [1.82, 2.24) is 20.1 Å². The average molecular weight is 433 g/mol. The molecule has 0 saturated carbocycles. The molecule has 11 heteroatoms. The number of hydrogen-bond donors (Lipinski definition) is 4. The van der Waals surface area contributed by atoms with Crippen molar-refractivity contribution < 1.29 is 14.3 Å². The molecule has 1 aromatic heterocycles. The maximum Gasteiger partial charge on any atom is 0.407 e. The smallest absolute Gasteiger partial charge is 0.407 e. The third kappa shape index (κ3) is 6.22. The van der Waals surface area contributed by atoms with Gasteiger partial charge in [0.1, 0.15) is 18.3 Å². The van der Waals surface area contributed by atoms with Crippen molar-refractivity contribution in [2.75, 3.05) is 42.3 Å². The number of carbonyl (C=O) groups excluding carboxylic acids is 1. The number of benzene rings is 1. The van der Waals surface area contributed by atoms with Gasteiger partial charge in [-0.05, 0) is 45.7 Å². The van der Waals surface area contributed by atoms with Gasteiger partial charge in [-0.1, -0.05) is 0 Å². The molecule has 2 heterocycles. The Kier molecular flexibility index (Phi) is 7.18. The minimum Gasteiger partial charge on any atom is -0.444 e. The number of nitrogens with one attached hydrogen (secondary N) is 2. The molecule has 11 nitrogen and oxygen atoms in total. The molecule has 0 unspecified atom stereocenters. The first-order chi connectivity index (χ1) is 14.8. The normalized spacial score (nSPS) is 14.3. The Bertz CT molecular complexity index is 860. The molecule has 3 rings (SSSR count). The van der Waals surface area contributed by atoms with Crippen LogP contribution in [0, 0.1) is 0 Å². The van der Waals surface area contributed by atoms with Crippen molar-refractivity contribution in [2.24, 2.45) is 5.84 Å². The first kappa shape index (κ1) is 22.6. The van der Waals surface area contributed by atoms with Gasteiger partial charge in [0.25, 0.3) is 0 Å². The molecule has 6 N–H and O–H groups in total. The number of aromatic nitrogens is 3. The number of alkyl carbamates (subject to hydrolysis) is 1. The van der Waals surface area contributed by atoms with Crippen molar-refractivity contribution in [3.05, 3.63) is 24.8 Å². The lowest BCUT2D eigenvalue weighted by molar-refractivity contribution is 0.0316. The molecule has 0 aliphatic carbocycles. The van der Waals surface area contributed by atoms with E-state index in [1.807, 2.05) is 32.9 Å². The van der Waals surface area contributed by atoms with Gasteiger partial charge >= 0.3 is 6.09 Å². The van der Waals surface area contributed by atoms with Gasteiger partial charge in [-0.3, -0.25) is 10.4 Å². The second kappa shape index (κ2) is 9.84. The van der Waals surface area contributed by atoms with Crippen LogP contribution in [0.3, 0.4) is 0 Å². The van der Waals surface area contributed by atoms with E-state index in [1.165, 1.54) is 0 Å². The van der Waals surface area contributed by atoms with Crippen molar-refractivity contribution >= 4 is 23.2 Å². The average Bonchev–Trinajstić information content (AvgIpc) is 3.20. The number of rotatable bonds is 9. The van der Waals surface area contributed by atoms with E-state index in [4.69, 9.17) is 21.1 Å². The molecule has 170 valence electrons. The zero-order valence-corrected chi connectivity index (χ0v) is 18.3. The predicted octanol–water partition coefficient (Wildman–Crippen LogP) is 1.65. The molecule has 1 amide bonds. The summed E-state index contributed by atoms with van der Waals surface area (Å²) in [6, 6.07) is 3.83. The Labute approximate surface area is 182 Å². The summed E-state index contributed by atoms with van der Waals surface area (Å²) in [5, 5.41) is 10.4. The van der Waals surface area contributed by atoms with Crippen LogP contribution in [0.4, 0.5) is 21.9 Å². The van der Waals surface area contributed by atoms with E-state index >= 15 is 0 Å². The van der Waals surface area contributed by atoms with E-state index in [-0.39, 0.29) is 12.2 Å². The SMILES string of the molecule is CC(C)(C)OC(=O)NCCCCOC1CN(c2cc(-n3cnnc3)cc(NN)c2N)C1. The summed E-state index contributed by atoms with van der Waals surface area (Å²) in [7, 11) is 0. The molecule has 1 aromatic carbocycles. The Hall–Kier alpha value is -3.05. The molecule has 0 radical (unpaired) electrons. The molecule has 1 aliphatic rings. The van der Waals surface area contributed by atoms with Gasteiger partial charge in [-0.2, -0.15) is 0 Å². The van der Waals surface area contributed by atoms with Crippen molar-refractivity contribution in [2.45, 2.75) is 45.3 Å². The van der Waals surface area contributed by atoms with Crippen LogP contribution in [0.5, 0.6) is 0 Å². The van der Waals surface area contributed by atoms with Crippen LogP contribution >= 0.6 is 0 Å². The molecular weight excluding hydrogens is 400 g/mol.